The zero-order chi connectivity index (χ0) is 9.84. The topological polar surface area (TPSA) is 12.0 Å². The van der Waals surface area contributed by atoms with Crippen molar-refractivity contribution in [2.24, 2.45) is 17.8 Å². The first-order chi connectivity index (χ1) is 6.08. The van der Waals surface area contributed by atoms with Gasteiger partial charge in [0, 0.05) is 6.04 Å². The molecule has 0 heterocycles. The van der Waals surface area contributed by atoms with Crippen LogP contribution in [0.3, 0.4) is 0 Å². The molecule has 0 unspecified atom stereocenters. The Balaban J connectivity index is 2.25. The lowest BCUT2D eigenvalue weighted by Crippen LogP contribution is -2.38. The van der Waals surface area contributed by atoms with Gasteiger partial charge in [-0.3, -0.25) is 0 Å². The lowest BCUT2D eigenvalue weighted by Gasteiger charge is -2.32. The lowest BCUT2D eigenvalue weighted by atomic mass is 9.80. The highest BCUT2D eigenvalue weighted by Crippen LogP contribution is 2.28. The Kier molecular flexibility index (Phi) is 4.24. The summed E-state index contributed by atoms with van der Waals surface area (Å²) in [5, 5.41) is 3.68. The van der Waals surface area contributed by atoms with Crippen LogP contribution in [0.25, 0.3) is 0 Å². The van der Waals surface area contributed by atoms with Crippen molar-refractivity contribution < 1.29 is 0 Å². The molecule has 0 aromatic carbocycles. The van der Waals surface area contributed by atoms with Crippen LogP contribution in [-0.4, -0.2) is 12.6 Å². The van der Waals surface area contributed by atoms with E-state index in [1.54, 1.807) is 0 Å². The van der Waals surface area contributed by atoms with Gasteiger partial charge < -0.3 is 5.32 Å². The van der Waals surface area contributed by atoms with Gasteiger partial charge in [-0.1, -0.05) is 27.7 Å². The van der Waals surface area contributed by atoms with Gasteiger partial charge in [-0.05, 0) is 43.6 Å². The highest BCUT2D eigenvalue weighted by molar-refractivity contribution is 4.79. The third-order valence-corrected chi connectivity index (χ3v) is 2.99. The van der Waals surface area contributed by atoms with Gasteiger partial charge in [0.05, 0.1) is 0 Å². The van der Waals surface area contributed by atoms with Gasteiger partial charge in [0.25, 0.3) is 0 Å². The molecule has 1 rings (SSSR count). The van der Waals surface area contributed by atoms with E-state index in [0.717, 1.165) is 23.8 Å². The second-order valence-electron chi connectivity index (χ2n) is 5.42. The van der Waals surface area contributed by atoms with Gasteiger partial charge in [-0.15, -0.1) is 0 Å². The maximum absolute atomic E-state index is 3.68. The Morgan fingerprint density at radius 1 is 1.08 bits per heavy atom. The fourth-order valence-corrected chi connectivity index (χ4v) is 2.52. The van der Waals surface area contributed by atoms with Crippen LogP contribution in [-0.2, 0) is 0 Å². The standard InChI is InChI=1S/C12H25N/c1-9(2)8-13-12-6-10(3)5-11(4)7-12/h9-13H,5-8H2,1-4H3/t10-,11-/m1/s1. The van der Waals surface area contributed by atoms with E-state index in [0.29, 0.717) is 0 Å². The first-order valence-electron chi connectivity index (χ1n) is 5.81. The van der Waals surface area contributed by atoms with Crippen LogP contribution >= 0.6 is 0 Å². The van der Waals surface area contributed by atoms with Crippen LogP contribution in [0.5, 0.6) is 0 Å². The molecule has 0 aromatic rings. The molecule has 1 aliphatic carbocycles. The summed E-state index contributed by atoms with van der Waals surface area (Å²) in [4.78, 5) is 0. The number of hydrogen-bond donors (Lipinski definition) is 1. The average molecular weight is 183 g/mol. The smallest absolute Gasteiger partial charge is 0.00722 e. The Morgan fingerprint density at radius 2 is 1.62 bits per heavy atom. The summed E-state index contributed by atoms with van der Waals surface area (Å²) in [5.74, 6) is 2.63. The van der Waals surface area contributed by atoms with E-state index in [9.17, 15) is 0 Å². The van der Waals surface area contributed by atoms with Crippen LogP contribution in [0, 0.1) is 17.8 Å². The highest BCUT2D eigenvalue weighted by atomic mass is 14.9. The molecule has 2 atom stereocenters. The molecule has 1 nitrogen and oxygen atoms in total. The van der Waals surface area contributed by atoms with Gasteiger partial charge in [0.15, 0.2) is 0 Å². The minimum absolute atomic E-state index is 0.785. The van der Waals surface area contributed by atoms with Crippen LogP contribution < -0.4 is 5.32 Å². The van der Waals surface area contributed by atoms with Gasteiger partial charge in [0.2, 0.25) is 0 Å². The average Bonchev–Trinajstić information content (AvgIpc) is 1.99. The summed E-state index contributed by atoms with van der Waals surface area (Å²) < 4.78 is 0. The highest BCUT2D eigenvalue weighted by Gasteiger charge is 2.23. The Bertz CT molecular complexity index is 132. The van der Waals surface area contributed by atoms with E-state index in [1.807, 2.05) is 0 Å². The maximum Gasteiger partial charge on any atom is 0.00722 e. The molecule has 78 valence electrons. The van der Waals surface area contributed by atoms with E-state index < -0.39 is 0 Å². The van der Waals surface area contributed by atoms with Crippen LogP contribution in [0.1, 0.15) is 47.0 Å². The first kappa shape index (κ1) is 11.0. The molecule has 1 saturated carbocycles. The van der Waals surface area contributed by atoms with E-state index in [-0.39, 0.29) is 0 Å². The van der Waals surface area contributed by atoms with Crippen molar-refractivity contribution in [2.75, 3.05) is 6.54 Å². The summed E-state index contributed by atoms with van der Waals surface area (Å²) >= 11 is 0. The molecule has 0 spiro atoms. The fourth-order valence-electron chi connectivity index (χ4n) is 2.52. The van der Waals surface area contributed by atoms with Crippen LogP contribution in [0.4, 0.5) is 0 Å². The van der Waals surface area contributed by atoms with E-state index in [4.69, 9.17) is 0 Å². The van der Waals surface area contributed by atoms with Gasteiger partial charge in [-0.25, -0.2) is 0 Å². The second-order valence-corrected chi connectivity index (χ2v) is 5.42. The zero-order valence-corrected chi connectivity index (χ0v) is 9.64. The molecule has 0 radical (unpaired) electrons. The van der Waals surface area contributed by atoms with Crippen molar-refractivity contribution in [1.29, 1.82) is 0 Å². The van der Waals surface area contributed by atoms with Crippen molar-refractivity contribution in [3.05, 3.63) is 0 Å². The summed E-state index contributed by atoms with van der Waals surface area (Å²) in [6.45, 7) is 10.5. The van der Waals surface area contributed by atoms with Crippen LogP contribution in [0.2, 0.25) is 0 Å². The first-order valence-corrected chi connectivity index (χ1v) is 5.81. The molecule has 0 saturated heterocycles. The third-order valence-electron chi connectivity index (χ3n) is 2.99. The second kappa shape index (κ2) is 4.99. The lowest BCUT2D eigenvalue weighted by molar-refractivity contribution is 0.235. The van der Waals surface area contributed by atoms with Crippen molar-refractivity contribution in [2.45, 2.75) is 53.0 Å². The summed E-state index contributed by atoms with van der Waals surface area (Å²) in [7, 11) is 0. The predicted octanol–water partition coefficient (Wildman–Crippen LogP) is 3.06. The third kappa shape index (κ3) is 4.12. The number of hydrogen-bond acceptors (Lipinski definition) is 1. The number of nitrogens with one attached hydrogen (secondary N) is 1. The Morgan fingerprint density at radius 3 is 2.08 bits per heavy atom. The minimum Gasteiger partial charge on any atom is -0.314 e. The van der Waals surface area contributed by atoms with Crippen molar-refractivity contribution in [3.8, 4) is 0 Å². The predicted molar refractivity (Wildman–Crippen MR) is 58.8 cm³/mol. The van der Waals surface area contributed by atoms with E-state index >= 15 is 0 Å². The van der Waals surface area contributed by atoms with Gasteiger partial charge in [0.1, 0.15) is 0 Å². The van der Waals surface area contributed by atoms with E-state index in [1.165, 1.54) is 25.8 Å². The normalized spacial score (nSPS) is 35.3. The summed E-state index contributed by atoms with van der Waals surface area (Å²) in [6, 6.07) is 0.793. The molecule has 1 N–H and O–H groups in total. The van der Waals surface area contributed by atoms with Crippen molar-refractivity contribution in [1.82, 2.24) is 5.32 Å². The quantitative estimate of drug-likeness (QED) is 0.709. The van der Waals surface area contributed by atoms with Crippen molar-refractivity contribution in [3.63, 3.8) is 0 Å². The molecule has 13 heavy (non-hydrogen) atoms. The zero-order valence-electron chi connectivity index (χ0n) is 9.64. The van der Waals surface area contributed by atoms with Gasteiger partial charge in [-0.2, -0.15) is 0 Å². The summed E-state index contributed by atoms with van der Waals surface area (Å²) in [5.41, 5.74) is 0. The number of rotatable bonds is 3. The fraction of sp³-hybridized carbons (Fsp3) is 1.00. The molecule has 0 aliphatic heterocycles. The Labute approximate surface area is 83.3 Å². The molecule has 1 heteroatoms. The molecule has 1 fully saturated rings. The SMILES string of the molecule is CC(C)CNC1C[C@H](C)C[C@@H](C)C1. The molecule has 0 aromatic heterocycles. The Hall–Kier alpha value is -0.0400. The van der Waals surface area contributed by atoms with E-state index in [2.05, 4.69) is 33.0 Å². The molecule has 1 aliphatic rings. The maximum atomic E-state index is 3.68. The van der Waals surface area contributed by atoms with Gasteiger partial charge >= 0.3 is 0 Å². The molecule has 0 bridgehead atoms. The minimum atomic E-state index is 0.785. The molecule has 0 amide bonds. The monoisotopic (exact) mass is 183 g/mol. The largest absolute Gasteiger partial charge is 0.314 e. The summed E-state index contributed by atoms with van der Waals surface area (Å²) in [6.07, 6.45) is 4.20. The van der Waals surface area contributed by atoms with Crippen molar-refractivity contribution >= 4 is 0 Å². The van der Waals surface area contributed by atoms with Crippen LogP contribution in [0.15, 0.2) is 0 Å². The molecular weight excluding hydrogens is 158 g/mol. The molecular formula is C12H25N.